The molecule has 2 heterocycles. The summed E-state index contributed by atoms with van der Waals surface area (Å²) in [6.45, 7) is 4.30. The van der Waals surface area contributed by atoms with Gasteiger partial charge in [0.25, 0.3) is 0 Å². The largest absolute Gasteiger partial charge is 0.450 e. The summed E-state index contributed by atoms with van der Waals surface area (Å²) in [5.74, 6) is -0.104. The third-order valence-electron chi connectivity index (χ3n) is 3.63. The molecule has 0 bridgehead atoms. The molecule has 1 N–H and O–H groups in total. The number of hydrogen-bond acceptors (Lipinski definition) is 4. The average Bonchev–Trinajstić information content (AvgIpc) is 2.72. The highest BCUT2D eigenvalue weighted by molar-refractivity contribution is 5.90. The summed E-state index contributed by atoms with van der Waals surface area (Å²) in [6.07, 6.45) is 1.39. The van der Waals surface area contributed by atoms with Crippen LogP contribution in [-0.2, 0) is 14.3 Å². The zero-order valence-electron chi connectivity index (χ0n) is 11.8. The Morgan fingerprint density at radius 3 is 2.60 bits per heavy atom. The van der Waals surface area contributed by atoms with Gasteiger partial charge in [-0.1, -0.05) is 0 Å². The highest BCUT2D eigenvalue weighted by atomic mass is 16.6. The first kappa shape index (κ1) is 14.6. The van der Waals surface area contributed by atoms with Crippen LogP contribution < -0.4 is 5.32 Å². The molecule has 0 aromatic heterocycles. The van der Waals surface area contributed by atoms with Crippen molar-refractivity contribution in [3.8, 4) is 0 Å². The number of hydrogen-bond donors (Lipinski definition) is 1. The molecule has 0 spiro atoms. The fraction of sp³-hybridized carbons (Fsp3) is 0.769. The highest BCUT2D eigenvalue weighted by Crippen LogP contribution is 2.12. The van der Waals surface area contributed by atoms with E-state index in [9.17, 15) is 14.4 Å². The normalized spacial score (nSPS) is 23.2. The molecule has 0 radical (unpaired) electrons. The highest BCUT2D eigenvalue weighted by Gasteiger charge is 2.32. The number of rotatable bonds is 2. The molecule has 0 aromatic rings. The molecule has 1 unspecified atom stereocenters. The van der Waals surface area contributed by atoms with Crippen LogP contribution in [0.4, 0.5) is 4.79 Å². The molecule has 112 valence electrons. The summed E-state index contributed by atoms with van der Waals surface area (Å²) in [7, 11) is 0. The lowest BCUT2D eigenvalue weighted by atomic mass is 10.2. The van der Waals surface area contributed by atoms with Crippen molar-refractivity contribution in [2.45, 2.75) is 32.2 Å². The Morgan fingerprint density at radius 2 is 1.95 bits per heavy atom. The van der Waals surface area contributed by atoms with E-state index in [1.807, 2.05) is 0 Å². The van der Waals surface area contributed by atoms with Gasteiger partial charge in [0, 0.05) is 32.6 Å². The zero-order valence-corrected chi connectivity index (χ0v) is 11.8. The minimum absolute atomic E-state index is 0.0402. The van der Waals surface area contributed by atoms with Gasteiger partial charge in [0.1, 0.15) is 6.04 Å². The van der Waals surface area contributed by atoms with E-state index in [0.29, 0.717) is 45.6 Å². The topological polar surface area (TPSA) is 79.0 Å². The molecule has 3 amide bonds. The number of amides is 3. The predicted molar refractivity (Wildman–Crippen MR) is 71.0 cm³/mol. The molecule has 1 atom stereocenters. The molecule has 2 aliphatic heterocycles. The average molecular weight is 283 g/mol. The van der Waals surface area contributed by atoms with Gasteiger partial charge in [-0.25, -0.2) is 4.79 Å². The SMILES string of the molecule is CCOC(=O)N1CCCN(C(=O)C2CCC(=O)N2)CC1. The van der Waals surface area contributed by atoms with Gasteiger partial charge in [-0.2, -0.15) is 0 Å². The van der Waals surface area contributed by atoms with Gasteiger partial charge in [-0.05, 0) is 19.8 Å². The van der Waals surface area contributed by atoms with Crippen molar-refractivity contribution in [1.29, 1.82) is 0 Å². The van der Waals surface area contributed by atoms with Gasteiger partial charge in [-0.3, -0.25) is 9.59 Å². The van der Waals surface area contributed by atoms with Crippen LogP contribution in [0.25, 0.3) is 0 Å². The summed E-state index contributed by atoms with van der Waals surface area (Å²) in [5.41, 5.74) is 0. The summed E-state index contributed by atoms with van der Waals surface area (Å²) in [5, 5.41) is 2.69. The first-order chi connectivity index (χ1) is 9.61. The Morgan fingerprint density at radius 1 is 1.25 bits per heavy atom. The van der Waals surface area contributed by atoms with Gasteiger partial charge in [0.15, 0.2) is 0 Å². The monoisotopic (exact) mass is 283 g/mol. The van der Waals surface area contributed by atoms with E-state index in [0.717, 1.165) is 6.42 Å². The number of nitrogens with one attached hydrogen (secondary N) is 1. The molecular formula is C13H21N3O4. The molecule has 0 aliphatic carbocycles. The van der Waals surface area contributed by atoms with Crippen molar-refractivity contribution in [2.75, 3.05) is 32.8 Å². The van der Waals surface area contributed by atoms with E-state index >= 15 is 0 Å². The maximum atomic E-state index is 12.3. The molecule has 2 rings (SSSR count). The summed E-state index contributed by atoms with van der Waals surface area (Å²) in [6, 6.07) is -0.392. The predicted octanol–water partition coefficient (Wildman–Crippen LogP) is -0.0442. The van der Waals surface area contributed by atoms with Gasteiger partial charge in [0.2, 0.25) is 11.8 Å². The Bertz CT molecular complexity index is 399. The summed E-state index contributed by atoms with van der Waals surface area (Å²) < 4.78 is 4.97. The lowest BCUT2D eigenvalue weighted by molar-refractivity contribution is -0.134. The van der Waals surface area contributed by atoms with Crippen molar-refractivity contribution in [3.05, 3.63) is 0 Å². The molecule has 2 fully saturated rings. The van der Waals surface area contributed by atoms with E-state index in [-0.39, 0.29) is 17.9 Å². The molecule has 0 saturated carbocycles. The Hall–Kier alpha value is -1.79. The summed E-state index contributed by atoms with van der Waals surface area (Å²) in [4.78, 5) is 38.5. The fourth-order valence-electron chi connectivity index (χ4n) is 2.55. The second-order valence-corrected chi connectivity index (χ2v) is 5.02. The van der Waals surface area contributed by atoms with E-state index in [1.165, 1.54) is 0 Å². The van der Waals surface area contributed by atoms with Crippen LogP contribution in [0.5, 0.6) is 0 Å². The first-order valence-corrected chi connectivity index (χ1v) is 7.11. The van der Waals surface area contributed by atoms with Crippen LogP contribution in [0, 0.1) is 0 Å². The number of carbonyl (C=O) groups is 3. The van der Waals surface area contributed by atoms with Crippen molar-refractivity contribution < 1.29 is 19.1 Å². The van der Waals surface area contributed by atoms with Crippen LogP contribution >= 0.6 is 0 Å². The number of ether oxygens (including phenoxy) is 1. The number of carbonyl (C=O) groups excluding carboxylic acids is 3. The molecular weight excluding hydrogens is 262 g/mol. The number of nitrogens with zero attached hydrogens (tertiary/aromatic N) is 2. The quantitative estimate of drug-likeness (QED) is 0.771. The summed E-state index contributed by atoms with van der Waals surface area (Å²) >= 11 is 0. The van der Waals surface area contributed by atoms with Crippen LogP contribution in [-0.4, -0.2) is 66.5 Å². The first-order valence-electron chi connectivity index (χ1n) is 7.11. The minimum atomic E-state index is -0.392. The molecule has 7 heteroatoms. The van der Waals surface area contributed by atoms with Gasteiger partial charge < -0.3 is 19.9 Å². The third-order valence-corrected chi connectivity index (χ3v) is 3.63. The van der Waals surface area contributed by atoms with E-state index in [2.05, 4.69) is 5.32 Å². The molecule has 2 saturated heterocycles. The Kier molecular flexibility index (Phi) is 4.81. The second kappa shape index (κ2) is 6.58. The lowest BCUT2D eigenvalue weighted by Crippen LogP contribution is -2.46. The van der Waals surface area contributed by atoms with Crippen LogP contribution in [0.1, 0.15) is 26.2 Å². The molecule has 20 heavy (non-hydrogen) atoms. The lowest BCUT2D eigenvalue weighted by Gasteiger charge is -2.24. The van der Waals surface area contributed by atoms with Crippen molar-refractivity contribution in [2.24, 2.45) is 0 Å². The Labute approximate surface area is 118 Å². The minimum Gasteiger partial charge on any atom is -0.450 e. The van der Waals surface area contributed by atoms with Crippen molar-refractivity contribution in [1.82, 2.24) is 15.1 Å². The van der Waals surface area contributed by atoms with Gasteiger partial charge >= 0.3 is 6.09 Å². The van der Waals surface area contributed by atoms with Crippen molar-refractivity contribution >= 4 is 17.9 Å². The molecule has 0 aromatic carbocycles. The maximum Gasteiger partial charge on any atom is 0.409 e. The van der Waals surface area contributed by atoms with Crippen LogP contribution in [0.3, 0.4) is 0 Å². The zero-order chi connectivity index (χ0) is 14.5. The van der Waals surface area contributed by atoms with E-state index in [4.69, 9.17) is 4.74 Å². The van der Waals surface area contributed by atoms with Crippen molar-refractivity contribution in [3.63, 3.8) is 0 Å². The second-order valence-electron chi connectivity index (χ2n) is 5.02. The van der Waals surface area contributed by atoms with E-state index in [1.54, 1.807) is 16.7 Å². The molecule has 2 aliphatic rings. The fourth-order valence-corrected chi connectivity index (χ4v) is 2.55. The Balaban J connectivity index is 1.87. The van der Waals surface area contributed by atoms with Gasteiger partial charge in [0.05, 0.1) is 6.61 Å². The van der Waals surface area contributed by atoms with Crippen LogP contribution in [0.15, 0.2) is 0 Å². The smallest absolute Gasteiger partial charge is 0.409 e. The molecule has 7 nitrogen and oxygen atoms in total. The van der Waals surface area contributed by atoms with Gasteiger partial charge in [-0.15, -0.1) is 0 Å². The third kappa shape index (κ3) is 3.40. The van der Waals surface area contributed by atoms with E-state index < -0.39 is 6.04 Å². The standard InChI is InChI=1S/C13H21N3O4/c1-2-20-13(19)16-7-3-6-15(8-9-16)12(18)10-4-5-11(17)14-10/h10H,2-9H2,1H3,(H,14,17). The van der Waals surface area contributed by atoms with Crippen LogP contribution in [0.2, 0.25) is 0 Å². The maximum absolute atomic E-state index is 12.3.